The number of methoxy groups -OCH3 is 1. The SMILES string of the molecule is C=CC(=O)N1CCn2nc(-c3nc(-c4ccc(CN5CCNC(=O)C5)cc4)c4ccsc4c3-c3c(F)cc(F)cc3OCCOC)cc2C1C. The maximum atomic E-state index is 16.1. The van der Waals surface area contributed by atoms with Crippen LogP contribution in [-0.4, -0.2) is 82.9 Å². The average Bonchev–Trinajstić information content (AvgIpc) is 3.77. The van der Waals surface area contributed by atoms with E-state index in [1.807, 2.05) is 53.4 Å². The number of thiophene rings is 1. The molecule has 13 heteroatoms. The molecule has 0 bridgehead atoms. The Kier molecular flexibility index (Phi) is 9.45. The lowest BCUT2D eigenvalue weighted by molar-refractivity contribution is -0.129. The van der Waals surface area contributed by atoms with E-state index in [9.17, 15) is 14.0 Å². The Balaban J connectivity index is 1.39. The monoisotopic (exact) mass is 698 g/mol. The first-order valence-electron chi connectivity index (χ1n) is 16.4. The summed E-state index contributed by atoms with van der Waals surface area (Å²) in [6.45, 7) is 9.19. The van der Waals surface area contributed by atoms with Crippen LogP contribution < -0.4 is 10.1 Å². The topological polar surface area (TPSA) is 102 Å². The largest absolute Gasteiger partial charge is 0.490 e. The molecule has 1 atom stereocenters. The first-order valence-corrected chi connectivity index (χ1v) is 17.3. The van der Waals surface area contributed by atoms with Crippen LogP contribution >= 0.6 is 11.3 Å². The van der Waals surface area contributed by atoms with Crippen molar-refractivity contribution in [1.29, 1.82) is 0 Å². The number of piperazine rings is 1. The summed E-state index contributed by atoms with van der Waals surface area (Å²) in [5.74, 6) is -1.69. The van der Waals surface area contributed by atoms with Gasteiger partial charge < -0.3 is 19.7 Å². The highest BCUT2D eigenvalue weighted by Gasteiger charge is 2.31. The number of rotatable bonds is 10. The second-order valence-corrected chi connectivity index (χ2v) is 13.2. The molecular formula is C37H36F2N6O4S. The number of hydrogen-bond acceptors (Lipinski definition) is 8. The molecule has 1 unspecified atom stereocenters. The molecule has 7 rings (SSSR count). The van der Waals surface area contributed by atoms with Crippen molar-refractivity contribution in [2.45, 2.75) is 26.1 Å². The third-order valence-electron chi connectivity index (χ3n) is 9.13. The van der Waals surface area contributed by atoms with Crippen LogP contribution in [0.15, 0.2) is 66.6 Å². The number of nitrogens with zero attached hydrogens (tertiary/aromatic N) is 5. The van der Waals surface area contributed by atoms with Crippen molar-refractivity contribution >= 4 is 33.2 Å². The number of halogens is 2. The first-order chi connectivity index (χ1) is 24.2. The van der Waals surface area contributed by atoms with Crippen molar-refractivity contribution in [2.24, 2.45) is 0 Å². The minimum absolute atomic E-state index is 0.0183. The third kappa shape index (κ3) is 6.39. The van der Waals surface area contributed by atoms with E-state index in [4.69, 9.17) is 19.6 Å². The maximum absolute atomic E-state index is 16.1. The number of aromatic nitrogens is 3. The molecule has 1 saturated heterocycles. The lowest BCUT2D eigenvalue weighted by Crippen LogP contribution is -2.47. The van der Waals surface area contributed by atoms with E-state index < -0.39 is 11.6 Å². The average molecular weight is 699 g/mol. The molecule has 0 radical (unpaired) electrons. The lowest BCUT2D eigenvalue weighted by Gasteiger charge is -2.33. The molecule has 1 N–H and O–H groups in total. The molecule has 0 aliphatic carbocycles. The van der Waals surface area contributed by atoms with Crippen LogP contribution in [0, 0.1) is 11.6 Å². The number of ether oxygens (including phenoxy) is 2. The van der Waals surface area contributed by atoms with Gasteiger partial charge in [-0.2, -0.15) is 5.10 Å². The fourth-order valence-electron chi connectivity index (χ4n) is 6.69. The van der Waals surface area contributed by atoms with Crippen LogP contribution in [-0.2, 0) is 27.4 Å². The molecule has 0 saturated carbocycles. The van der Waals surface area contributed by atoms with Gasteiger partial charge in [0.1, 0.15) is 35.4 Å². The predicted octanol–water partition coefficient (Wildman–Crippen LogP) is 5.82. The van der Waals surface area contributed by atoms with Gasteiger partial charge in [0.15, 0.2) is 0 Å². The van der Waals surface area contributed by atoms with Crippen molar-refractivity contribution < 1.29 is 27.8 Å². The predicted molar refractivity (Wildman–Crippen MR) is 188 cm³/mol. The van der Waals surface area contributed by atoms with E-state index in [1.54, 1.807) is 4.90 Å². The molecule has 0 spiro atoms. The summed E-state index contributed by atoms with van der Waals surface area (Å²) in [6.07, 6.45) is 1.30. The molecule has 5 heterocycles. The third-order valence-corrected chi connectivity index (χ3v) is 10.1. The number of hydrogen-bond donors (Lipinski definition) is 1. The zero-order valence-corrected chi connectivity index (χ0v) is 28.6. The van der Waals surface area contributed by atoms with Crippen molar-refractivity contribution in [2.75, 3.05) is 46.5 Å². The number of nitrogens with one attached hydrogen (secondary N) is 1. The van der Waals surface area contributed by atoms with Crippen LogP contribution in [0.2, 0.25) is 0 Å². The fraction of sp³-hybridized carbons (Fsp3) is 0.297. The van der Waals surface area contributed by atoms with Crippen molar-refractivity contribution in [3.63, 3.8) is 0 Å². The number of benzene rings is 2. The Morgan fingerprint density at radius 3 is 2.66 bits per heavy atom. The molecule has 258 valence electrons. The van der Waals surface area contributed by atoms with Gasteiger partial charge in [-0.15, -0.1) is 11.3 Å². The van der Waals surface area contributed by atoms with Gasteiger partial charge in [-0.25, -0.2) is 13.8 Å². The van der Waals surface area contributed by atoms with Crippen molar-refractivity contribution in [3.8, 4) is 39.5 Å². The zero-order chi connectivity index (χ0) is 34.9. The van der Waals surface area contributed by atoms with Gasteiger partial charge in [0.05, 0.1) is 42.7 Å². The second kappa shape index (κ2) is 14.1. The minimum Gasteiger partial charge on any atom is -0.490 e. The van der Waals surface area contributed by atoms with E-state index in [-0.39, 0.29) is 42.4 Å². The number of carbonyl (C=O) groups is 2. The van der Waals surface area contributed by atoms with Gasteiger partial charge in [0.2, 0.25) is 11.8 Å². The van der Waals surface area contributed by atoms with E-state index in [0.29, 0.717) is 55.4 Å². The van der Waals surface area contributed by atoms with Crippen LogP contribution in [0.3, 0.4) is 0 Å². The fourth-order valence-corrected chi connectivity index (χ4v) is 7.64. The molecule has 50 heavy (non-hydrogen) atoms. The Morgan fingerprint density at radius 1 is 1.08 bits per heavy atom. The van der Waals surface area contributed by atoms with E-state index in [2.05, 4.69) is 16.8 Å². The highest BCUT2D eigenvalue weighted by Crippen LogP contribution is 2.47. The molecule has 2 amide bonds. The van der Waals surface area contributed by atoms with Gasteiger partial charge in [0.25, 0.3) is 0 Å². The minimum atomic E-state index is -0.793. The molecule has 2 aromatic carbocycles. The quantitative estimate of drug-likeness (QED) is 0.145. The zero-order valence-electron chi connectivity index (χ0n) is 27.7. The first kappa shape index (κ1) is 33.5. The van der Waals surface area contributed by atoms with Crippen LogP contribution in [0.1, 0.15) is 24.2 Å². The summed E-state index contributed by atoms with van der Waals surface area (Å²) in [6, 6.07) is 13.6. The lowest BCUT2D eigenvalue weighted by atomic mass is 9.96. The number of fused-ring (bicyclic) bond motifs is 2. The number of amides is 2. The van der Waals surface area contributed by atoms with Crippen molar-refractivity contribution in [3.05, 3.63) is 89.5 Å². The highest BCUT2D eigenvalue weighted by atomic mass is 32.1. The smallest absolute Gasteiger partial charge is 0.246 e. The maximum Gasteiger partial charge on any atom is 0.246 e. The second-order valence-electron chi connectivity index (χ2n) is 12.3. The number of pyridine rings is 1. The van der Waals surface area contributed by atoms with Crippen LogP contribution in [0.4, 0.5) is 8.78 Å². The van der Waals surface area contributed by atoms with Crippen molar-refractivity contribution in [1.82, 2.24) is 29.9 Å². The molecule has 3 aromatic heterocycles. The molecular weight excluding hydrogens is 663 g/mol. The van der Waals surface area contributed by atoms with Gasteiger partial charge >= 0.3 is 0 Å². The van der Waals surface area contributed by atoms with Crippen LogP contribution in [0.5, 0.6) is 5.75 Å². The summed E-state index contributed by atoms with van der Waals surface area (Å²) < 4.78 is 44.4. The van der Waals surface area contributed by atoms with Gasteiger partial charge in [-0.3, -0.25) is 19.2 Å². The van der Waals surface area contributed by atoms with Crippen LogP contribution in [0.25, 0.3) is 43.9 Å². The molecule has 5 aromatic rings. The molecule has 2 aliphatic rings. The Bertz CT molecular complexity index is 2100. The Morgan fingerprint density at radius 2 is 1.90 bits per heavy atom. The van der Waals surface area contributed by atoms with E-state index in [1.165, 1.54) is 30.6 Å². The van der Waals surface area contributed by atoms with Gasteiger partial charge in [-0.1, -0.05) is 30.8 Å². The Hall–Kier alpha value is -4.98. The van der Waals surface area contributed by atoms with E-state index in [0.717, 1.165) is 39.5 Å². The van der Waals surface area contributed by atoms with Gasteiger partial charge in [-0.05, 0) is 36.1 Å². The molecule has 1 fully saturated rings. The Labute approximate surface area is 291 Å². The standard InChI is InChI=1S/C37H36F2N6O4S/c1-4-32(47)44-12-13-45-29(22(44)2)19-28(42-45)36-34(33-27(39)17-25(38)18-30(33)49-15-14-48-3)37-26(9-16-50-37)35(41-36)24-7-5-23(6-8-24)20-43-11-10-40-31(46)21-43/h4-9,16-19,22H,1,10-15,20-21H2,2-3H3,(H,40,46). The van der Waals surface area contributed by atoms with E-state index >= 15 is 4.39 Å². The summed E-state index contributed by atoms with van der Waals surface area (Å²) >= 11 is 1.42. The normalized spacial score (nSPS) is 16.4. The summed E-state index contributed by atoms with van der Waals surface area (Å²) in [4.78, 5) is 33.6. The summed E-state index contributed by atoms with van der Waals surface area (Å²) in [5, 5.41) is 10.5. The molecule has 10 nitrogen and oxygen atoms in total. The summed E-state index contributed by atoms with van der Waals surface area (Å²) in [5.41, 5.74) is 4.77. The van der Waals surface area contributed by atoms with Gasteiger partial charge in [0, 0.05) is 66.6 Å². The highest BCUT2D eigenvalue weighted by molar-refractivity contribution is 7.18. The summed E-state index contributed by atoms with van der Waals surface area (Å²) in [7, 11) is 1.52. The molecule has 2 aliphatic heterocycles. The number of carbonyl (C=O) groups excluding carboxylic acids is 2.